The fourth-order valence-corrected chi connectivity index (χ4v) is 2.89. The number of nitrogens with one attached hydrogen (secondary N) is 1. The molecule has 1 amide bonds. The van der Waals surface area contributed by atoms with E-state index < -0.39 is 17.5 Å². The van der Waals surface area contributed by atoms with Crippen molar-refractivity contribution in [3.63, 3.8) is 0 Å². The lowest BCUT2D eigenvalue weighted by molar-refractivity contribution is 0.102. The zero-order valence-electron chi connectivity index (χ0n) is 9.88. The van der Waals surface area contributed by atoms with Crippen molar-refractivity contribution in [2.75, 3.05) is 11.1 Å². The zero-order valence-corrected chi connectivity index (χ0v) is 13.1. The summed E-state index contributed by atoms with van der Waals surface area (Å²) in [6.07, 6.45) is 0. The normalized spacial score (nSPS) is 10.4. The SMILES string of the molecule is Nc1cc(F)cc(F)c1NC(=O)c1cc(Br)cc(Br)c1. The summed E-state index contributed by atoms with van der Waals surface area (Å²) in [5.41, 5.74) is 5.38. The van der Waals surface area contributed by atoms with E-state index in [1.54, 1.807) is 18.2 Å². The van der Waals surface area contributed by atoms with Crippen LogP contribution in [0.4, 0.5) is 20.2 Å². The summed E-state index contributed by atoms with van der Waals surface area (Å²) in [6, 6.07) is 6.48. The Morgan fingerprint density at radius 1 is 1.05 bits per heavy atom. The van der Waals surface area contributed by atoms with Gasteiger partial charge in [-0.3, -0.25) is 4.79 Å². The monoisotopic (exact) mass is 404 g/mol. The molecule has 0 unspecified atom stereocenters. The Labute approximate surface area is 130 Å². The van der Waals surface area contributed by atoms with Crippen LogP contribution in [0.25, 0.3) is 0 Å². The first-order valence-corrected chi connectivity index (χ1v) is 6.97. The van der Waals surface area contributed by atoms with E-state index in [9.17, 15) is 13.6 Å². The molecular weight excluding hydrogens is 398 g/mol. The van der Waals surface area contributed by atoms with Crippen molar-refractivity contribution in [3.05, 3.63) is 56.5 Å². The molecule has 0 aliphatic heterocycles. The van der Waals surface area contributed by atoms with Crippen molar-refractivity contribution >= 4 is 49.1 Å². The van der Waals surface area contributed by atoms with Crippen LogP contribution in [-0.4, -0.2) is 5.91 Å². The second-order valence-electron chi connectivity index (χ2n) is 3.96. The molecule has 104 valence electrons. The number of halogens is 4. The number of anilines is 2. The van der Waals surface area contributed by atoms with Gasteiger partial charge < -0.3 is 11.1 Å². The van der Waals surface area contributed by atoms with Crippen molar-refractivity contribution < 1.29 is 13.6 Å². The summed E-state index contributed by atoms with van der Waals surface area (Å²) in [7, 11) is 0. The molecule has 2 aromatic carbocycles. The van der Waals surface area contributed by atoms with Crippen molar-refractivity contribution in [3.8, 4) is 0 Å². The molecule has 0 spiro atoms. The first kappa shape index (κ1) is 14.9. The average Bonchev–Trinajstić information content (AvgIpc) is 2.32. The van der Waals surface area contributed by atoms with Crippen molar-refractivity contribution in [2.24, 2.45) is 0 Å². The Kier molecular flexibility index (Phi) is 4.39. The van der Waals surface area contributed by atoms with Gasteiger partial charge in [0.2, 0.25) is 0 Å². The minimum Gasteiger partial charge on any atom is -0.397 e. The van der Waals surface area contributed by atoms with Gasteiger partial charge in [-0.25, -0.2) is 8.78 Å². The summed E-state index contributed by atoms with van der Waals surface area (Å²) < 4.78 is 27.9. The second-order valence-corrected chi connectivity index (χ2v) is 5.80. The topological polar surface area (TPSA) is 55.1 Å². The Hall–Kier alpha value is -1.47. The second kappa shape index (κ2) is 5.88. The van der Waals surface area contributed by atoms with E-state index in [4.69, 9.17) is 5.73 Å². The van der Waals surface area contributed by atoms with Gasteiger partial charge in [0.05, 0.1) is 5.69 Å². The van der Waals surface area contributed by atoms with Crippen LogP contribution in [0, 0.1) is 11.6 Å². The first-order chi connectivity index (χ1) is 9.36. The van der Waals surface area contributed by atoms with Gasteiger partial charge in [-0.15, -0.1) is 0 Å². The molecule has 0 saturated carbocycles. The average molecular weight is 406 g/mol. The molecule has 3 nitrogen and oxygen atoms in total. The lowest BCUT2D eigenvalue weighted by Crippen LogP contribution is -2.14. The summed E-state index contributed by atoms with van der Waals surface area (Å²) in [6.45, 7) is 0. The van der Waals surface area contributed by atoms with Crippen LogP contribution in [-0.2, 0) is 0 Å². The standard InChI is InChI=1S/C13H8Br2F2N2O/c14-7-1-6(2-8(15)3-7)13(20)19-12-10(17)4-9(16)5-11(12)18/h1-5H,18H2,(H,19,20). The molecule has 0 fully saturated rings. The highest BCUT2D eigenvalue weighted by molar-refractivity contribution is 9.11. The van der Waals surface area contributed by atoms with Gasteiger partial charge in [0, 0.05) is 20.6 Å². The molecule has 0 saturated heterocycles. The first-order valence-electron chi connectivity index (χ1n) is 5.39. The van der Waals surface area contributed by atoms with Crippen LogP contribution in [0.15, 0.2) is 39.3 Å². The van der Waals surface area contributed by atoms with Crippen LogP contribution in [0.3, 0.4) is 0 Å². The molecule has 0 aromatic heterocycles. The Morgan fingerprint density at radius 2 is 1.65 bits per heavy atom. The van der Waals surface area contributed by atoms with Crippen LogP contribution in [0.5, 0.6) is 0 Å². The van der Waals surface area contributed by atoms with Crippen molar-refractivity contribution in [1.82, 2.24) is 0 Å². The van der Waals surface area contributed by atoms with E-state index in [1.165, 1.54) is 0 Å². The van der Waals surface area contributed by atoms with E-state index in [-0.39, 0.29) is 11.4 Å². The quantitative estimate of drug-likeness (QED) is 0.731. The van der Waals surface area contributed by atoms with Gasteiger partial charge in [-0.1, -0.05) is 31.9 Å². The molecule has 0 heterocycles. The molecule has 0 aliphatic rings. The van der Waals surface area contributed by atoms with Crippen molar-refractivity contribution in [2.45, 2.75) is 0 Å². The molecule has 0 atom stereocenters. The van der Waals surface area contributed by atoms with Crippen LogP contribution in [0.2, 0.25) is 0 Å². The molecule has 3 N–H and O–H groups in total. The molecular formula is C13H8Br2F2N2O. The molecule has 7 heteroatoms. The maximum Gasteiger partial charge on any atom is 0.255 e. The number of nitrogens with two attached hydrogens (primary N) is 1. The highest BCUT2D eigenvalue weighted by Crippen LogP contribution is 2.26. The third-order valence-electron chi connectivity index (χ3n) is 2.45. The van der Waals surface area contributed by atoms with Gasteiger partial charge in [0.1, 0.15) is 11.5 Å². The van der Waals surface area contributed by atoms with Crippen LogP contribution >= 0.6 is 31.9 Å². The van der Waals surface area contributed by atoms with Gasteiger partial charge >= 0.3 is 0 Å². The number of hydrogen-bond donors (Lipinski definition) is 2. The zero-order chi connectivity index (χ0) is 14.9. The van der Waals surface area contributed by atoms with E-state index in [0.717, 1.165) is 6.07 Å². The molecule has 0 bridgehead atoms. The lowest BCUT2D eigenvalue weighted by atomic mass is 10.2. The predicted octanol–water partition coefficient (Wildman–Crippen LogP) is 4.32. The van der Waals surface area contributed by atoms with Crippen LogP contribution < -0.4 is 11.1 Å². The predicted molar refractivity (Wildman–Crippen MR) is 80.6 cm³/mol. The van der Waals surface area contributed by atoms with E-state index >= 15 is 0 Å². The van der Waals surface area contributed by atoms with Gasteiger partial charge in [0.25, 0.3) is 5.91 Å². The van der Waals surface area contributed by atoms with Crippen LogP contribution in [0.1, 0.15) is 10.4 Å². The molecule has 2 aromatic rings. The van der Waals surface area contributed by atoms with E-state index in [2.05, 4.69) is 37.2 Å². The summed E-state index contributed by atoms with van der Waals surface area (Å²) in [5.74, 6) is -2.28. The minimum atomic E-state index is -0.926. The highest BCUT2D eigenvalue weighted by atomic mass is 79.9. The van der Waals surface area contributed by atoms with E-state index in [0.29, 0.717) is 20.6 Å². The molecule has 2 rings (SSSR count). The largest absolute Gasteiger partial charge is 0.397 e. The number of rotatable bonds is 2. The van der Waals surface area contributed by atoms with Crippen molar-refractivity contribution in [1.29, 1.82) is 0 Å². The number of carbonyl (C=O) groups is 1. The smallest absolute Gasteiger partial charge is 0.255 e. The summed E-state index contributed by atoms with van der Waals surface area (Å²) in [4.78, 5) is 12.0. The number of benzene rings is 2. The fourth-order valence-electron chi connectivity index (χ4n) is 1.60. The van der Waals surface area contributed by atoms with Gasteiger partial charge in [-0.05, 0) is 24.3 Å². The third kappa shape index (κ3) is 3.34. The molecule has 0 radical (unpaired) electrons. The number of amides is 1. The van der Waals surface area contributed by atoms with E-state index in [1.807, 2.05) is 0 Å². The maximum absolute atomic E-state index is 13.6. The van der Waals surface area contributed by atoms with Gasteiger partial charge in [0.15, 0.2) is 5.82 Å². The number of nitrogen functional groups attached to an aromatic ring is 1. The summed E-state index contributed by atoms with van der Waals surface area (Å²) >= 11 is 6.49. The lowest BCUT2D eigenvalue weighted by Gasteiger charge is -2.10. The maximum atomic E-state index is 13.6. The fraction of sp³-hybridized carbons (Fsp3) is 0. The Balaban J connectivity index is 2.32. The Bertz CT molecular complexity index is 649. The third-order valence-corrected chi connectivity index (χ3v) is 3.36. The summed E-state index contributed by atoms with van der Waals surface area (Å²) in [5, 5.41) is 2.33. The number of carbonyl (C=O) groups excluding carboxylic acids is 1. The molecule has 0 aliphatic carbocycles. The highest BCUT2D eigenvalue weighted by Gasteiger charge is 2.14. The van der Waals surface area contributed by atoms with Gasteiger partial charge in [-0.2, -0.15) is 0 Å². The molecule has 20 heavy (non-hydrogen) atoms. The number of hydrogen-bond acceptors (Lipinski definition) is 2. The Morgan fingerprint density at radius 3 is 2.20 bits per heavy atom. The minimum absolute atomic E-state index is 0.176.